The van der Waals surface area contributed by atoms with Gasteiger partial charge in [0.05, 0.1) is 5.69 Å². The summed E-state index contributed by atoms with van der Waals surface area (Å²) in [6.45, 7) is 1.83. The molecule has 0 saturated heterocycles. The minimum absolute atomic E-state index is 0.117. The normalized spacial score (nSPS) is 9.90. The van der Waals surface area contributed by atoms with Crippen LogP contribution in [-0.2, 0) is 6.42 Å². The fourth-order valence-electron chi connectivity index (χ4n) is 0.642. The molecule has 0 spiro atoms. The molecule has 54 valence electrons. The van der Waals surface area contributed by atoms with Crippen LogP contribution in [-0.4, -0.2) is 9.97 Å². The third-order valence-corrected chi connectivity index (χ3v) is 1.49. The Kier molecular flexibility index (Phi) is 2.21. The second kappa shape index (κ2) is 2.96. The van der Waals surface area contributed by atoms with E-state index in [4.69, 9.17) is 0 Å². The van der Waals surface area contributed by atoms with Crippen LogP contribution >= 0.6 is 12.6 Å². The standard InChI is InChI=1S/C6H7FN2S/c1-2-4-5(7)6(10)9-3-8-4/h3H,2H2,1H3,(H,8,9,10). The molecule has 0 saturated carbocycles. The van der Waals surface area contributed by atoms with Crippen molar-refractivity contribution in [2.24, 2.45) is 0 Å². The van der Waals surface area contributed by atoms with Gasteiger partial charge in [0.25, 0.3) is 0 Å². The van der Waals surface area contributed by atoms with Crippen LogP contribution in [0, 0.1) is 5.82 Å². The molecule has 0 atom stereocenters. The van der Waals surface area contributed by atoms with Gasteiger partial charge in [-0.3, -0.25) is 0 Å². The molecule has 0 fully saturated rings. The summed E-state index contributed by atoms with van der Waals surface area (Å²) >= 11 is 3.80. The zero-order chi connectivity index (χ0) is 7.56. The van der Waals surface area contributed by atoms with Gasteiger partial charge >= 0.3 is 0 Å². The molecular weight excluding hydrogens is 151 g/mol. The molecule has 0 aliphatic heterocycles. The van der Waals surface area contributed by atoms with Gasteiger partial charge in [0.15, 0.2) is 5.82 Å². The van der Waals surface area contributed by atoms with E-state index in [2.05, 4.69) is 22.6 Å². The van der Waals surface area contributed by atoms with Gasteiger partial charge in [-0.05, 0) is 6.42 Å². The van der Waals surface area contributed by atoms with E-state index < -0.39 is 5.82 Å². The molecule has 1 aromatic rings. The van der Waals surface area contributed by atoms with Crippen LogP contribution in [0.4, 0.5) is 4.39 Å². The maximum atomic E-state index is 12.8. The maximum absolute atomic E-state index is 12.8. The molecule has 0 radical (unpaired) electrons. The molecule has 0 aliphatic rings. The predicted molar refractivity (Wildman–Crippen MR) is 38.6 cm³/mol. The zero-order valence-corrected chi connectivity index (χ0v) is 6.40. The lowest BCUT2D eigenvalue weighted by molar-refractivity contribution is 0.560. The molecule has 0 aliphatic carbocycles. The van der Waals surface area contributed by atoms with E-state index >= 15 is 0 Å². The minimum Gasteiger partial charge on any atom is -0.238 e. The third-order valence-electron chi connectivity index (χ3n) is 1.18. The van der Waals surface area contributed by atoms with E-state index in [-0.39, 0.29) is 5.03 Å². The van der Waals surface area contributed by atoms with Crippen molar-refractivity contribution < 1.29 is 4.39 Å². The topological polar surface area (TPSA) is 25.8 Å². The highest BCUT2D eigenvalue weighted by atomic mass is 32.1. The van der Waals surface area contributed by atoms with Gasteiger partial charge in [0.1, 0.15) is 11.4 Å². The van der Waals surface area contributed by atoms with E-state index in [0.29, 0.717) is 12.1 Å². The van der Waals surface area contributed by atoms with Crippen molar-refractivity contribution in [1.82, 2.24) is 9.97 Å². The highest BCUT2D eigenvalue weighted by Gasteiger charge is 2.04. The van der Waals surface area contributed by atoms with Crippen molar-refractivity contribution in [3.63, 3.8) is 0 Å². The second-order valence-electron chi connectivity index (χ2n) is 1.81. The summed E-state index contributed by atoms with van der Waals surface area (Å²) in [6.07, 6.45) is 1.88. The average Bonchev–Trinajstić information content (AvgIpc) is 1.95. The number of aryl methyl sites for hydroxylation is 1. The Labute approximate surface area is 63.9 Å². The van der Waals surface area contributed by atoms with Crippen LogP contribution in [0.25, 0.3) is 0 Å². The Bertz CT molecular complexity index is 239. The Morgan fingerprint density at radius 1 is 1.60 bits per heavy atom. The van der Waals surface area contributed by atoms with Crippen molar-refractivity contribution in [1.29, 1.82) is 0 Å². The molecule has 1 heterocycles. The van der Waals surface area contributed by atoms with E-state index in [1.165, 1.54) is 6.33 Å². The Hall–Kier alpha value is -0.640. The predicted octanol–water partition coefficient (Wildman–Crippen LogP) is 1.47. The number of thiol groups is 1. The molecule has 0 amide bonds. The summed E-state index contributed by atoms with van der Waals surface area (Å²) in [6, 6.07) is 0. The second-order valence-corrected chi connectivity index (χ2v) is 2.24. The van der Waals surface area contributed by atoms with Gasteiger partial charge in [0.2, 0.25) is 0 Å². The molecular formula is C6H7FN2S. The molecule has 2 nitrogen and oxygen atoms in total. The number of nitrogens with zero attached hydrogens (tertiary/aromatic N) is 2. The van der Waals surface area contributed by atoms with Crippen LogP contribution in [0.1, 0.15) is 12.6 Å². The van der Waals surface area contributed by atoms with Crippen molar-refractivity contribution in [3.05, 3.63) is 17.8 Å². The summed E-state index contributed by atoms with van der Waals surface area (Å²) in [5.74, 6) is -0.409. The molecule has 0 bridgehead atoms. The maximum Gasteiger partial charge on any atom is 0.176 e. The molecule has 0 N–H and O–H groups in total. The minimum atomic E-state index is -0.409. The van der Waals surface area contributed by atoms with Gasteiger partial charge in [-0.25, -0.2) is 14.4 Å². The van der Waals surface area contributed by atoms with E-state index in [0.717, 1.165) is 0 Å². The van der Waals surface area contributed by atoms with Crippen molar-refractivity contribution in [3.8, 4) is 0 Å². The summed E-state index contributed by atoms with van der Waals surface area (Å²) in [5, 5.41) is 0.117. The Balaban J connectivity index is 3.14. The van der Waals surface area contributed by atoms with E-state index in [1.54, 1.807) is 0 Å². The van der Waals surface area contributed by atoms with Gasteiger partial charge in [0, 0.05) is 0 Å². The van der Waals surface area contributed by atoms with Gasteiger partial charge in [-0.2, -0.15) is 0 Å². The zero-order valence-electron chi connectivity index (χ0n) is 5.50. The van der Waals surface area contributed by atoms with Crippen LogP contribution in [0.2, 0.25) is 0 Å². The van der Waals surface area contributed by atoms with Crippen LogP contribution < -0.4 is 0 Å². The summed E-state index contributed by atoms with van der Waals surface area (Å²) in [4.78, 5) is 7.29. The largest absolute Gasteiger partial charge is 0.238 e. The van der Waals surface area contributed by atoms with Gasteiger partial charge in [-0.15, -0.1) is 12.6 Å². The van der Waals surface area contributed by atoms with Gasteiger partial charge < -0.3 is 0 Å². The molecule has 0 aromatic carbocycles. The fraction of sp³-hybridized carbons (Fsp3) is 0.333. The molecule has 4 heteroatoms. The number of aromatic nitrogens is 2. The lowest BCUT2D eigenvalue weighted by Crippen LogP contribution is -1.95. The number of rotatable bonds is 1. The smallest absolute Gasteiger partial charge is 0.176 e. The highest BCUT2D eigenvalue weighted by molar-refractivity contribution is 7.80. The quantitative estimate of drug-likeness (QED) is 0.494. The average molecular weight is 158 g/mol. The van der Waals surface area contributed by atoms with Crippen molar-refractivity contribution in [2.45, 2.75) is 18.4 Å². The first-order valence-electron chi connectivity index (χ1n) is 2.94. The first-order chi connectivity index (χ1) is 4.75. The van der Waals surface area contributed by atoms with Crippen LogP contribution in [0.15, 0.2) is 11.4 Å². The number of hydrogen-bond acceptors (Lipinski definition) is 3. The monoisotopic (exact) mass is 158 g/mol. The van der Waals surface area contributed by atoms with Crippen molar-refractivity contribution >= 4 is 12.6 Å². The van der Waals surface area contributed by atoms with E-state index in [1.807, 2.05) is 6.92 Å². The summed E-state index contributed by atoms with van der Waals surface area (Å²) in [5.41, 5.74) is 0.417. The Morgan fingerprint density at radius 3 is 2.80 bits per heavy atom. The molecule has 10 heavy (non-hydrogen) atoms. The Morgan fingerprint density at radius 2 is 2.30 bits per heavy atom. The van der Waals surface area contributed by atoms with Crippen LogP contribution in [0.3, 0.4) is 0 Å². The van der Waals surface area contributed by atoms with E-state index in [9.17, 15) is 4.39 Å². The number of halogens is 1. The summed E-state index contributed by atoms with van der Waals surface area (Å²) in [7, 11) is 0. The van der Waals surface area contributed by atoms with Crippen LogP contribution in [0.5, 0.6) is 0 Å². The molecule has 1 aromatic heterocycles. The third kappa shape index (κ3) is 1.26. The van der Waals surface area contributed by atoms with Crippen molar-refractivity contribution in [2.75, 3.05) is 0 Å². The SMILES string of the molecule is CCc1ncnc(S)c1F. The van der Waals surface area contributed by atoms with Gasteiger partial charge in [-0.1, -0.05) is 6.92 Å². The number of hydrogen-bond donors (Lipinski definition) is 1. The molecule has 1 rings (SSSR count). The highest BCUT2D eigenvalue weighted by Crippen LogP contribution is 2.10. The first-order valence-corrected chi connectivity index (χ1v) is 3.38. The first kappa shape index (κ1) is 7.47. The molecule has 0 unspecified atom stereocenters. The summed E-state index contributed by atoms with van der Waals surface area (Å²) < 4.78 is 12.8. The fourth-order valence-corrected chi connectivity index (χ4v) is 0.823. The lowest BCUT2D eigenvalue weighted by atomic mass is 10.3. The lowest BCUT2D eigenvalue weighted by Gasteiger charge is -1.97.